The number of nitrogens with zero attached hydrogens (tertiary/aromatic N) is 1. The quantitative estimate of drug-likeness (QED) is 0.701. The van der Waals surface area contributed by atoms with Crippen LogP contribution in [0.1, 0.15) is 11.6 Å². The molecular formula is C21H23F2N3O4. The molecule has 2 N–H and O–H groups in total. The van der Waals surface area contributed by atoms with Gasteiger partial charge in [0.2, 0.25) is 0 Å². The third kappa shape index (κ3) is 5.52. The molecule has 2 amide bonds. The molecular weight excluding hydrogens is 396 g/mol. The maximum Gasteiger partial charge on any atom is 0.313 e. The molecule has 2 aromatic rings. The monoisotopic (exact) mass is 419 g/mol. The molecule has 1 heterocycles. The fourth-order valence-electron chi connectivity index (χ4n) is 3.21. The summed E-state index contributed by atoms with van der Waals surface area (Å²) in [5.41, 5.74) is 0.680. The summed E-state index contributed by atoms with van der Waals surface area (Å²) in [5.74, 6) is -2.96. The topological polar surface area (TPSA) is 79.9 Å². The number of anilines is 1. The minimum absolute atomic E-state index is 0.171. The molecule has 0 radical (unpaired) electrons. The fraction of sp³-hybridized carbons (Fsp3) is 0.333. The molecule has 0 aliphatic carbocycles. The highest BCUT2D eigenvalue weighted by atomic mass is 19.1. The van der Waals surface area contributed by atoms with Crippen LogP contribution in [0.4, 0.5) is 14.5 Å². The average Bonchev–Trinajstić information content (AvgIpc) is 2.76. The summed E-state index contributed by atoms with van der Waals surface area (Å²) >= 11 is 0. The van der Waals surface area contributed by atoms with Gasteiger partial charge in [0.1, 0.15) is 17.4 Å². The van der Waals surface area contributed by atoms with Gasteiger partial charge in [-0.15, -0.1) is 0 Å². The van der Waals surface area contributed by atoms with Crippen LogP contribution in [0.2, 0.25) is 0 Å². The zero-order valence-electron chi connectivity index (χ0n) is 16.5. The van der Waals surface area contributed by atoms with Crippen LogP contribution in [0.15, 0.2) is 42.5 Å². The minimum Gasteiger partial charge on any atom is -0.497 e. The number of ether oxygens (including phenoxy) is 2. The molecule has 0 saturated carbocycles. The van der Waals surface area contributed by atoms with Gasteiger partial charge >= 0.3 is 11.8 Å². The first-order chi connectivity index (χ1) is 14.5. The van der Waals surface area contributed by atoms with E-state index in [1.807, 2.05) is 24.3 Å². The zero-order chi connectivity index (χ0) is 21.5. The van der Waals surface area contributed by atoms with Crippen LogP contribution in [0.5, 0.6) is 5.75 Å². The molecule has 30 heavy (non-hydrogen) atoms. The molecule has 3 rings (SSSR count). The van der Waals surface area contributed by atoms with E-state index in [2.05, 4.69) is 15.5 Å². The first-order valence-corrected chi connectivity index (χ1v) is 9.48. The first-order valence-electron chi connectivity index (χ1n) is 9.48. The summed E-state index contributed by atoms with van der Waals surface area (Å²) in [4.78, 5) is 26.5. The van der Waals surface area contributed by atoms with Crippen molar-refractivity contribution in [2.45, 2.75) is 6.04 Å². The van der Waals surface area contributed by atoms with Crippen molar-refractivity contribution in [2.24, 2.45) is 0 Å². The van der Waals surface area contributed by atoms with Gasteiger partial charge in [-0.05, 0) is 29.8 Å². The Balaban J connectivity index is 1.66. The van der Waals surface area contributed by atoms with Crippen molar-refractivity contribution in [3.05, 3.63) is 59.7 Å². The van der Waals surface area contributed by atoms with Crippen molar-refractivity contribution in [3.63, 3.8) is 0 Å². The summed E-state index contributed by atoms with van der Waals surface area (Å²) in [6.45, 7) is 2.68. The summed E-state index contributed by atoms with van der Waals surface area (Å²) in [6, 6.07) is 9.96. The molecule has 160 valence electrons. The maximum atomic E-state index is 13.7. The van der Waals surface area contributed by atoms with Gasteiger partial charge in [0, 0.05) is 25.7 Å². The highest BCUT2D eigenvalue weighted by Gasteiger charge is 2.25. The van der Waals surface area contributed by atoms with E-state index >= 15 is 0 Å². The standard InChI is InChI=1S/C21H23F2N3O4/c1-29-16-5-2-14(3-6-16)19(26-8-10-30-11-9-26)13-24-20(27)21(28)25-18-7-4-15(22)12-17(18)23/h2-7,12,19H,8-11,13H2,1H3,(H,24,27)(H,25,28)/t19-/m0/s1. The lowest BCUT2D eigenvalue weighted by molar-refractivity contribution is -0.136. The number of hydrogen-bond donors (Lipinski definition) is 2. The largest absolute Gasteiger partial charge is 0.497 e. The van der Waals surface area contributed by atoms with Crippen LogP contribution in [-0.4, -0.2) is 56.7 Å². The van der Waals surface area contributed by atoms with Crippen LogP contribution in [0.3, 0.4) is 0 Å². The van der Waals surface area contributed by atoms with Crippen molar-refractivity contribution in [1.82, 2.24) is 10.2 Å². The number of carbonyl (C=O) groups excluding carboxylic acids is 2. The van der Waals surface area contributed by atoms with Crippen molar-refractivity contribution < 1.29 is 27.8 Å². The predicted octanol–water partition coefficient (Wildman–Crippen LogP) is 2.10. The van der Waals surface area contributed by atoms with E-state index in [-0.39, 0.29) is 18.3 Å². The Hall–Kier alpha value is -3.04. The van der Waals surface area contributed by atoms with Gasteiger partial charge in [0.05, 0.1) is 32.1 Å². The third-order valence-corrected chi connectivity index (χ3v) is 4.83. The number of methoxy groups -OCH3 is 1. The molecule has 1 saturated heterocycles. The molecule has 7 nitrogen and oxygen atoms in total. The Labute approximate surface area is 173 Å². The van der Waals surface area contributed by atoms with Crippen LogP contribution in [-0.2, 0) is 14.3 Å². The maximum absolute atomic E-state index is 13.7. The molecule has 0 bridgehead atoms. The molecule has 1 aliphatic heterocycles. The molecule has 2 aromatic carbocycles. The normalized spacial score (nSPS) is 15.3. The van der Waals surface area contributed by atoms with Gasteiger partial charge in [-0.25, -0.2) is 8.78 Å². The first kappa shape index (κ1) is 21.7. The number of carbonyl (C=O) groups is 2. The molecule has 0 spiro atoms. The lowest BCUT2D eigenvalue weighted by Gasteiger charge is -2.34. The van der Waals surface area contributed by atoms with Gasteiger partial charge < -0.3 is 20.1 Å². The molecule has 9 heteroatoms. The van der Waals surface area contributed by atoms with E-state index in [0.29, 0.717) is 38.1 Å². The molecule has 1 fully saturated rings. The molecule has 1 atom stereocenters. The average molecular weight is 419 g/mol. The van der Waals surface area contributed by atoms with Gasteiger partial charge in [0.15, 0.2) is 0 Å². The fourth-order valence-corrected chi connectivity index (χ4v) is 3.21. The molecule has 0 unspecified atom stereocenters. The zero-order valence-corrected chi connectivity index (χ0v) is 16.5. The minimum atomic E-state index is -1.03. The van der Waals surface area contributed by atoms with Crippen molar-refractivity contribution in [2.75, 3.05) is 45.3 Å². The summed E-state index contributed by atoms with van der Waals surface area (Å²) in [7, 11) is 1.58. The second-order valence-corrected chi connectivity index (χ2v) is 6.73. The molecule has 0 aromatic heterocycles. The number of morpholine rings is 1. The Morgan fingerprint density at radius 1 is 1.10 bits per heavy atom. The highest BCUT2D eigenvalue weighted by Crippen LogP contribution is 2.23. The predicted molar refractivity (Wildman–Crippen MR) is 106 cm³/mol. The number of amides is 2. The smallest absolute Gasteiger partial charge is 0.313 e. The number of hydrogen-bond acceptors (Lipinski definition) is 5. The van der Waals surface area contributed by atoms with Gasteiger partial charge in [0.25, 0.3) is 0 Å². The van der Waals surface area contributed by atoms with Crippen LogP contribution in [0, 0.1) is 11.6 Å². The second-order valence-electron chi connectivity index (χ2n) is 6.73. The van der Waals surface area contributed by atoms with E-state index in [1.54, 1.807) is 7.11 Å². The molecule has 1 aliphatic rings. The third-order valence-electron chi connectivity index (χ3n) is 4.83. The number of halogens is 2. The van der Waals surface area contributed by atoms with Crippen molar-refractivity contribution >= 4 is 17.5 Å². The summed E-state index contributed by atoms with van der Waals surface area (Å²) in [6.07, 6.45) is 0. The Bertz CT molecular complexity index is 886. The summed E-state index contributed by atoms with van der Waals surface area (Å²) < 4.78 is 37.3. The van der Waals surface area contributed by atoms with Gasteiger partial charge in [-0.2, -0.15) is 0 Å². The van der Waals surface area contributed by atoms with Crippen molar-refractivity contribution in [3.8, 4) is 5.75 Å². The van der Waals surface area contributed by atoms with E-state index < -0.39 is 23.4 Å². The van der Waals surface area contributed by atoms with Crippen LogP contribution in [0.25, 0.3) is 0 Å². The van der Waals surface area contributed by atoms with E-state index in [4.69, 9.17) is 9.47 Å². The second kappa shape index (κ2) is 10.1. The summed E-state index contributed by atoms with van der Waals surface area (Å²) in [5, 5.41) is 4.75. The Morgan fingerprint density at radius 2 is 1.80 bits per heavy atom. The van der Waals surface area contributed by atoms with Crippen LogP contribution >= 0.6 is 0 Å². The highest BCUT2D eigenvalue weighted by molar-refractivity contribution is 6.39. The van der Waals surface area contributed by atoms with E-state index in [9.17, 15) is 18.4 Å². The number of rotatable bonds is 6. The van der Waals surface area contributed by atoms with Gasteiger partial charge in [-0.1, -0.05) is 12.1 Å². The van der Waals surface area contributed by atoms with E-state index in [0.717, 1.165) is 17.7 Å². The Kier molecular flexibility index (Phi) is 7.31. The Morgan fingerprint density at radius 3 is 2.43 bits per heavy atom. The SMILES string of the molecule is COc1ccc([C@H](CNC(=O)C(=O)Nc2ccc(F)cc2F)N2CCOCC2)cc1. The van der Waals surface area contributed by atoms with Gasteiger partial charge in [-0.3, -0.25) is 14.5 Å². The number of benzene rings is 2. The van der Waals surface area contributed by atoms with Crippen LogP contribution < -0.4 is 15.4 Å². The number of nitrogens with one attached hydrogen (secondary N) is 2. The van der Waals surface area contributed by atoms with Crippen molar-refractivity contribution in [1.29, 1.82) is 0 Å². The lowest BCUT2D eigenvalue weighted by Crippen LogP contribution is -2.45. The lowest BCUT2D eigenvalue weighted by atomic mass is 10.0. The van der Waals surface area contributed by atoms with E-state index in [1.165, 1.54) is 0 Å².